The van der Waals surface area contributed by atoms with Crippen molar-refractivity contribution in [2.75, 3.05) is 0 Å². The van der Waals surface area contributed by atoms with Crippen molar-refractivity contribution in [3.8, 4) is 6.07 Å². The number of nitriles is 1. The average Bonchev–Trinajstić information content (AvgIpc) is 1.31. The summed E-state index contributed by atoms with van der Waals surface area (Å²) in [6.45, 7) is 0. The monoisotopic (exact) mass is 78.0 g/mol. The molecule has 0 aliphatic heterocycles. The van der Waals surface area contributed by atoms with Crippen LogP contribution in [0.15, 0.2) is 6.08 Å². The lowest BCUT2D eigenvalue weighted by Crippen LogP contribution is -1.98. The molecule has 0 amide bonds. The molecule has 1 radical (unpaired) electrons. The van der Waals surface area contributed by atoms with Crippen molar-refractivity contribution >= 4 is 0 Å². The van der Waals surface area contributed by atoms with Gasteiger partial charge in [-0.2, -0.15) is 5.26 Å². The highest BCUT2D eigenvalue weighted by Crippen LogP contribution is 2.12. The minimum Gasteiger partial charge on any atom is -0.198 e. The van der Waals surface area contributed by atoms with Crippen LogP contribution in [0.1, 0.15) is 6.42 Å². The fraction of sp³-hybridized carbons (Fsp3) is 0.400. The Bertz CT molecular complexity index is 108. The van der Waals surface area contributed by atoms with Crippen LogP contribution >= 0.6 is 0 Å². The van der Waals surface area contributed by atoms with Gasteiger partial charge in [0.2, 0.25) is 0 Å². The predicted molar refractivity (Wildman–Crippen MR) is 21.5 cm³/mol. The van der Waals surface area contributed by atoms with E-state index < -0.39 is 0 Å². The summed E-state index contributed by atoms with van der Waals surface area (Å²) in [5, 5.41) is 8.05. The molecular weight excluding hydrogens is 74.1 g/mol. The van der Waals surface area contributed by atoms with E-state index >= 15 is 0 Å². The van der Waals surface area contributed by atoms with E-state index in [4.69, 9.17) is 5.26 Å². The van der Waals surface area contributed by atoms with Crippen LogP contribution in [0, 0.1) is 23.3 Å². The lowest BCUT2D eigenvalue weighted by Gasteiger charge is -2.03. The third kappa shape index (κ3) is 0.307. The molecule has 0 aromatic carbocycles. The van der Waals surface area contributed by atoms with Crippen LogP contribution in [0.2, 0.25) is 0 Å². The maximum Gasteiger partial charge on any atom is 0.0747 e. The fourth-order valence-electron chi connectivity index (χ4n) is 0.326. The van der Waals surface area contributed by atoms with E-state index in [1.165, 1.54) is 0 Å². The van der Waals surface area contributed by atoms with Gasteiger partial charge in [0.05, 0.1) is 12.0 Å². The van der Waals surface area contributed by atoms with Gasteiger partial charge in [-0.05, 0) is 12.5 Å². The SMILES string of the molecule is N#CC1[C]=CC1. The molecular formula is C5H4N. The molecule has 0 aromatic rings. The zero-order chi connectivity index (χ0) is 4.41. The summed E-state index contributed by atoms with van der Waals surface area (Å²) in [6, 6.07) is 2.06. The molecule has 29 valence electrons. The smallest absolute Gasteiger partial charge is 0.0747 e. The normalized spacial score (nSPS) is 28.2. The Morgan fingerprint density at radius 3 is 2.67 bits per heavy atom. The first-order valence-corrected chi connectivity index (χ1v) is 1.91. The van der Waals surface area contributed by atoms with Crippen LogP contribution in [0.3, 0.4) is 0 Å². The highest BCUT2D eigenvalue weighted by Gasteiger charge is 2.06. The van der Waals surface area contributed by atoms with Gasteiger partial charge in [0.25, 0.3) is 0 Å². The van der Waals surface area contributed by atoms with Gasteiger partial charge in [-0.3, -0.25) is 0 Å². The fourth-order valence-corrected chi connectivity index (χ4v) is 0.326. The van der Waals surface area contributed by atoms with Crippen molar-refractivity contribution in [2.24, 2.45) is 5.92 Å². The zero-order valence-electron chi connectivity index (χ0n) is 3.31. The quantitative estimate of drug-likeness (QED) is 0.422. The Hall–Kier alpha value is -0.770. The molecule has 1 rings (SSSR count). The van der Waals surface area contributed by atoms with Crippen molar-refractivity contribution < 1.29 is 0 Å². The highest BCUT2D eigenvalue weighted by atomic mass is 14.3. The molecule has 0 spiro atoms. The molecule has 1 aliphatic rings. The minimum atomic E-state index is 0.116. The van der Waals surface area contributed by atoms with Crippen molar-refractivity contribution in [1.82, 2.24) is 0 Å². The van der Waals surface area contributed by atoms with Crippen molar-refractivity contribution in [2.45, 2.75) is 6.42 Å². The first kappa shape index (κ1) is 3.42. The second-order valence-electron chi connectivity index (χ2n) is 1.29. The average molecular weight is 78.1 g/mol. The third-order valence-corrected chi connectivity index (χ3v) is 0.828. The van der Waals surface area contributed by atoms with E-state index in [1.807, 2.05) is 6.08 Å². The van der Waals surface area contributed by atoms with Crippen LogP contribution in [0.5, 0.6) is 0 Å². The Morgan fingerprint density at radius 1 is 2.00 bits per heavy atom. The number of rotatable bonds is 0. The van der Waals surface area contributed by atoms with Crippen molar-refractivity contribution in [1.29, 1.82) is 5.26 Å². The molecule has 0 saturated heterocycles. The van der Waals surface area contributed by atoms with E-state index in [1.54, 1.807) is 0 Å². The van der Waals surface area contributed by atoms with Gasteiger partial charge >= 0.3 is 0 Å². The van der Waals surface area contributed by atoms with E-state index in [9.17, 15) is 0 Å². The lowest BCUT2D eigenvalue weighted by molar-refractivity contribution is 0.746. The molecule has 1 aliphatic carbocycles. The highest BCUT2D eigenvalue weighted by molar-refractivity contribution is 5.05. The predicted octanol–water partition coefficient (Wildman–Crippen LogP) is 0.889. The molecule has 1 unspecified atom stereocenters. The number of nitrogens with zero attached hydrogens (tertiary/aromatic N) is 1. The molecule has 0 heterocycles. The van der Waals surface area contributed by atoms with Crippen molar-refractivity contribution in [3.05, 3.63) is 12.2 Å². The van der Waals surface area contributed by atoms with Crippen molar-refractivity contribution in [3.63, 3.8) is 0 Å². The van der Waals surface area contributed by atoms with Gasteiger partial charge in [-0.15, -0.1) is 0 Å². The van der Waals surface area contributed by atoms with Gasteiger partial charge in [0.15, 0.2) is 0 Å². The maximum absolute atomic E-state index is 8.05. The number of hydrogen-bond acceptors (Lipinski definition) is 1. The summed E-state index contributed by atoms with van der Waals surface area (Å²) in [4.78, 5) is 0. The van der Waals surface area contributed by atoms with E-state index in [2.05, 4.69) is 12.1 Å². The summed E-state index contributed by atoms with van der Waals surface area (Å²) < 4.78 is 0. The second kappa shape index (κ2) is 1.14. The van der Waals surface area contributed by atoms with Crippen LogP contribution in [-0.4, -0.2) is 0 Å². The van der Waals surface area contributed by atoms with E-state index in [-0.39, 0.29) is 5.92 Å². The molecule has 1 heteroatoms. The van der Waals surface area contributed by atoms with Crippen LogP contribution < -0.4 is 0 Å². The number of hydrogen-bond donors (Lipinski definition) is 0. The molecule has 6 heavy (non-hydrogen) atoms. The van der Waals surface area contributed by atoms with E-state index in [0.29, 0.717) is 0 Å². The Balaban J connectivity index is 2.46. The molecule has 0 N–H and O–H groups in total. The molecule has 0 fully saturated rings. The Morgan fingerprint density at radius 2 is 2.67 bits per heavy atom. The van der Waals surface area contributed by atoms with Gasteiger partial charge in [0.1, 0.15) is 0 Å². The van der Waals surface area contributed by atoms with E-state index in [0.717, 1.165) is 6.42 Å². The molecule has 0 aromatic heterocycles. The van der Waals surface area contributed by atoms with Gasteiger partial charge < -0.3 is 0 Å². The van der Waals surface area contributed by atoms with Crippen LogP contribution in [0.25, 0.3) is 0 Å². The Labute approximate surface area is 36.9 Å². The van der Waals surface area contributed by atoms with Gasteiger partial charge in [-0.25, -0.2) is 0 Å². The summed E-state index contributed by atoms with van der Waals surface area (Å²) in [7, 11) is 0. The van der Waals surface area contributed by atoms with Crippen LogP contribution in [0.4, 0.5) is 0 Å². The zero-order valence-corrected chi connectivity index (χ0v) is 3.31. The summed E-state index contributed by atoms with van der Waals surface area (Å²) in [5.74, 6) is 0.116. The molecule has 1 atom stereocenters. The lowest BCUT2D eigenvalue weighted by atomic mass is 9.98. The number of allylic oxidation sites excluding steroid dienone is 2. The summed E-state index contributed by atoms with van der Waals surface area (Å²) in [5.41, 5.74) is 0. The van der Waals surface area contributed by atoms with Gasteiger partial charge in [0, 0.05) is 0 Å². The van der Waals surface area contributed by atoms with Gasteiger partial charge in [-0.1, -0.05) is 6.08 Å². The standard InChI is InChI=1S/C5H4N/c6-4-5-2-1-3-5/h1,5H,2H2. The maximum atomic E-state index is 8.05. The third-order valence-electron chi connectivity index (χ3n) is 0.828. The first-order valence-electron chi connectivity index (χ1n) is 1.91. The molecule has 1 nitrogen and oxygen atoms in total. The summed E-state index contributed by atoms with van der Waals surface area (Å²) >= 11 is 0. The largest absolute Gasteiger partial charge is 0.198 e. The van der Waals surface area contributed by atoms with Crippen LogP contribution in [-0.2, 0) is 0 Å². The molecule has 0 bridgehead atoms. The second-order valence-corrected chi connectivity index (χ2v) is 1.29. The minimum absolute atomic E-state index is 0.116. The Kier molecular flexibility index (Phi) is 0.648. The topological polar surface area (TPSA) is 23.8 Å². The molecule has 0 saturated carbocycles. The summed E-state index contributed by atoms with van der Waals surface area (Å²) in [6.07, 6.45) is 5.61. The first-order chi connectivity index (χ1) is 2.93.